The third-order valence-electron chi connectivity index (χ3n) is 7.88. The van der Waals surface area contributed by atoms with Gasteiger partial charge in [0.25, 0.3) is 0 Å². The number of anilines is 1. The van der Waals surface area contributed by atoms with Crippen LogP contribution in [0.25, 0.3) is 0 Å². The molecule has 0 atom stereocenters. The average molecular weight is 462 g/mol. The van der Waals surface area contributed by atoms with E-state index in [1.165, 1.54) is 41.7 Å². The van der Waals surface area contributed by atoms with Crippen LogP contribution in [0.5, 0.6) is 0 Å². The zero-order chi connectivity index (χ0) is 23.3. The molecule has 6 nitrogen and oxygen atoms in total. The maximum atomic E-state index is 13.1. The number of carbonyl (C=O) groups excluding carboxylic acids is 1. The van der Waals surface area contributed by atoms with Gasteiger partial charge < -0.3 is 9.80 Å². The molecule has 0 N–H and O–H groups in total. The van der Waals surface area contributed by atoms with E-state index in [-0.39, 0.29) is 5.91 Å². The molecule has 0 spiro atoms. The van der Waals surface area contributed by atoms with E-state index in [1.54, 1.807) is 0 Å². The molecule has 4 aliphatic rings. The minimum atomic E-state index is 0.261. The van der Waals surface area contributed by atoms with Gasteiger partial charge in [-0.2, -0.15) is 0 Å². The van der Waals surface area contributed by atoms with Crippen molar-refractivity contribution in [1.82, 2.24) is 19.8 Å². The topological polar surface area (TPSA) is 52.6 Å². The zero-order valence-electron chi connectivity index (χ0n) is 20.7. The van der Waals surface area contributed by atoms with Crippen LogP contribution in [0.2, 0.25) is 0 Å². The van der Waals surface area contributed by atoms with E-state index in [2.05, 4.69) is 52.1 Å². The van der Waals surface area contributed by atoms with Gasteiger partial charge >= 0.3 is 0 Å². The van der Waals surface area contributed by atoms with Crippen LogP contribution in [-0.4, -0.2) is 71.0 Å². The van der Waals surface area contributed by atoms with Crippen LogP contribution in [0, 0.1) is 0 Å². The number of piperazine rings is 1. The second-order valence-electron chi connectivity index (χ2n) is 10.4. The highest BCUT2D eigenvalue weighted by Crippen LogP contribution is 2.26. The highest BCUT2D eigenvalue weighted by Gasteiger charge is 2.29. The maximum absolute atomic E-state index is 13.1. The Morgan fingerprint density at radius 1 is 1.03 bits per heavy atom. The van der Waals surface area contributed by atoms with Crippen LogP contribution in [0.3, 0.4) is 0 Å². The minimum Gasteiger partial charge on any atom is -0.342 e. The molecule has 2 aliphatic heterocycles. The monoisotopic (exact) mass is 461 g/mol. The Morgan fingerprint density at radius 3 is 2.59 bits per heavy atom. The van der Waals surface area contributed by atoms with Crippen molar-refractivity contribution in [3.63, 3.8) is 0 Å². The summed E-state index contributed by atoms with van der Waals surface area (Å²) in [4.78, 5) is 30.0. The lowest BCUT2D eigenvalue weighted by atomic mass is 9.91. The second-order valence-corrected chi connectivity index (χ2v) is 10.4. The summed E-state index contributed by atoms with van der Waals surface area (Å²) >= 11 is 0. The number of hydrogen-bond donors (Lipinski definition) is 0. The van der Waals surface area contributed by atoms with Gasteiger partial charge in [-0.15, -0.1) is 0 Å². The summed E-state index contributed by atoms with van der Waals surface area (Å²) in [6.45, 7) is 8.04. The lowest BCUT2D eigenvalue weighted by molar-refractivity contribution is -0.130. The van der Waals surface area contributed by atoms with Crippen LogP contribution in [0.1, 0.15) is 63.1 Å². The lowest BCUT2D eigenvalue weighted by Gasteiger charge is -2.43. The summed E-state index contributed by atoms with van der Waals surface area (Å²) in [5.41, 5.74) is 4.89. The first-order valence-corrected chi connectivity index (χ1v) is 13.3. The Balaban J connectivity index is 1.17. The van der Waals surface area contributed by atoms with Crippen LogP contribution >= 0.6 is 0 Å². The third-order valence-corrected chi connectivity index (χ3v) is 7.88. The van der Waals surface area contributed by atoms with Crippen molar-refractivity contribution in [2.45, 2.75) is 70.8 Å². The van der Waals surface area contributed by atoms with E-state index in [4.69, 9.17) is 9.97 Å². The number of allylic oxidation sites excluding steroid dienone is 5. The summed E-state index contributed by atoms with van der Waals surface area (Å²) in [7, 11) is 0. The van der Waals surface area contributed by atoms with Gasteiger partial charge in [0.15, 0.2) is 0 Å². The normalized spacial score (nSPS) is 22.5. The lowest BCUT2D eigenvalue weighted by Crippen LogP contribution is -2.52. The fourth-order valence-corrected chi connectivity index (χ4v) is 5.60. The predicted molar refractivity (Wildman–Crippen MR) is 137 cm³/mol. The van der Waals surface area contributed by atoms with Crippen molar-refractivity contribution in [3.8, 4) is 0 Å². The quantitative estimate of drug-likeness (QED) is 0.676. The van der Waals surface area contributed by atoms with Crippen molar-refractivity contribution >= 4 is 11.9 Å². The van der Waals surface area contributed by atoms with Gasteiger partial charge in [0.1, 0.15) is 0 Å². The first-order valence-electron chi connectivity index (χ1n) is 13.3. The van der Waals surface area contributed by atoms with Gasteiger partial charge in [0.2, 0.25) is 11.9 Å². The van der Waals surface area contributed by atoms with Gasteiger partial charge in [0, 0.05) is 63.6 Å². The summed E-state index contributed by atoms with van der Waals surface area (Å²) in [6, 6.07) is 0.823. The maximum Gasteiger partial charge on any atom is 0.226 e. The minimum absolute atomic E-state index is 0.261. The zero-order valence-corrected chi connectivity index (χ0v) is 20.7. The molecular weight excluding hydrogens is 422 g/mol. The van der Waals surface area contributed by atoms with Gasteiger partial charge in [-0.1, -0.05) is 41.9 Å². The van der Waals surface area contributed by atoms with E-state index in [0.29, 0.717) is 6.42 Å². The second kappa shape index (κ2) is 10.9. The van der Waals surface area contributed by atoms with Crippen molar-refractivity contribution < 1.29 is 4.79 Å². The molecule has 0 aromatic carbocycles. The molecule has 182 valence electrons. The first kappa shape index (κ1) is 23.3. The van der Waals surface area contributed by atoms with E-state index in [9.17, 15) is 4.79 Å². The Morgan fingerprint density at radius 2 is 1.82 bits per heavy atom. The van der Waals surface area contributed by atoms with E-state index in [0.717, 1.165) is 83.4 Å². The Kier molecular flexibility index (Phi) is 7.43. The summed E-state index contributed by atoms with van der Waals surface area (Å²) in [6.07, 6.45) is 19.9. The van der Waals surface area contributed by atoms with Crippen LogP contribution in [0.4, 0.5) is 5.95 Å². The van der Waals surface area contributed by atoms with Gasteiger partial charge in [0.05, 0.1) is 0 Å². The fourth-order valence-electron chi connectivity index (χ4n) is 5.60. The fraction of sp³-hybridized carbons (Fsp3) is 0.607. The van der Waals surface area contributed by atoms with E-state index in [1.807, 2.05) is 0 Å². The number of amides is 1. The molecule has 1 aromatic rings. The molecule has 0 unspecified atom stereocenters. The third kappa shape index (κ3) is 5.60. The molecule has 0 radical (unpaired) electrons. The van der Waals surface area contributed by atoms with Crippen molar-refractivity contribution in [2.75, 3.05) is 44.2 Å². The van der Waals surface area contributed by atoms with Gasteiger partial charge in [-0.25, -0.2) is 9.97 Å². The molecule has 5 rings (SSSR count). The Bertz CT molecular complexity index is 969. The highest BCUT2D eigenvalue weighted by molar-refractivity contribution is 5.79. The molecule has 2 aliphatic carbocycles. The summed E-state index contributed by atoms with van der Waals surface area (Å²) in [5.74, 6) is 1.16. The largest absolute Gasteiger partial charge is 0.342 e. The molecule has 1 amide bonds. The Hall–Kier alpha value is -2.47. The molecule has 0 bridgehead atoms. The molecule has 34 heavy (non-hydrogen) atoms. The van der Waals surface area contributed by atoms with Crippen LogP contribution < -0.4 is 4.90 Å². The first-order chi connectivity index (χ1) is 16.7. The van der Waals surface area contributed by atoms with Crippen molar-refractivity contribution in [2.24, 2.45) is 0 Å². The van der Waals surface area contributed by atoms with Gasteiger partial charge in [-0.3, -0.25) is 9.69 Å². The number of hydrogen-bond acceptors (Lipinski definition) is 5. The molecule has 1 saturated carbocycles. The molecule has 1 aromatic heterocycles. The smallest absolute Gasteiger partial charge is 0.226 e. The molecular formula is C28H39N5O. The van der Waals surface area contributed by atoms with Crippen molar-refractivity contribution in [1.29, 1.82) is 0 Å². The summed E-state index contributed by atoms with van der Waals surface area (Å²) < 4.78 is 0. The predicted octanol–water partition coefficient (Wildman–Crippen LogP) is 4.08. The number of aryl methyl sites for hydroxylation is 2. The number of fused-ring (bicyclic) bond motifs is 1. The SMILES string of the molecule is CC1=CC=CCC(CC(=O)N2CCCc3cnc(N4CCN(C5CCC5)CC4)nc3CCC2)=C1. The van der Waals surface area contributed by atoms with E-state index >= 15 is 0 Å². The number of rotatable bonds is 4. The number of nitrogens with zero attached hydrogens (tertiary/aromatic N) is 5. The molecule has 3 heterocycles. The van der Waals surface area contributed by atoms with Crippen LogP contribution in [0.15, 0.2) is 41.6 Å². The molecule has 6 heteroatoms. The molecule has 2 fully saturated rings. The van der Waals surface area contributed by atoms with Crippen LogP contribution in [-0.2, 0) is 17.6 Å². The summed E-state index contributed by atoms with van der Waals surface area (Å²) in [5, 5.41) is 0. The number of aromatic nitrogens is 2. The van der Waals surface area contributed by atoms with Gasteiger partial charge in [-0.05, 0) is 57.4 Å². The molecule has 1 saturated heterocycles. The number of carbonyl (C=O) groups is 1. The van der Waals surface area contributed by atoms with E-state index < -0.39 is 0 Å². The standard InChI is InChI=1S/C28H39N5O/c1-22-7-2-3-8-23(19-22)20-27(34)32-13-5-9-24-21-29-28(30-26(24)12-6-14-32)33-17-15-31(16-18-33)25-10-4-11-25/h2-3,7,19,21,25H,4-6,8-18,20H2,1H3. The highest BCUT2D eigenvalue weighted by atomic mass is 16.2. The van der Waals surface area contributed by atoms with Crippen molar-refractivity contribution in [3.05, 3.63) is 52.9 Å². The Labute approximate surface area is 204 Å². The average Bonchev–Trinajstić information content (AvgIpc) is 2.94.